The van der Waals surface area contributed by atoms with Crippen molar-refractivity contribution in [3.8, 4) is 0 Å². The van der Waals surface area contributed by atoms with E-state index in [4.69, 9.17) is 33.4 Å². The smallest absolute Gasteiger partial charge is 0.335 e. The lowest BCUT2D eigenvalue weighted by atomic mass is 10.4. The highest BCUT2D eigenvalue weighted by Gasteiger charge is 2.33. The van der Waals surface area contributed by atoms with Crippen molar-refractivity contribution in [3.63, 3.8) is 0 Å². The fourth-order valence-electron chi connectivity index (χ4n) is 2.90. The maximum atomic E-state index is 11.6. The number of hydrogen-bond donors (Lipinski definition) is 0. The number of rotatable bonds is 20. The second-order valence-electron chi connectivity index (χ2n) is 7.65. The van der Waals surface area contributed by atoms with E-state index in [0.717, 1.165) is 0 Å². The molecule has 0 aromatic heterocycles. The Labute approximate surface area is 213 Å². The molecule has 2 heterocycles. The van der Waals surface area contributed by atoms with Crippen LogP contribution in [0.1, 0.15) is 38.5 Å². The standard InChI is InChI=1S/C22H32N2O13/c25-17-1-2-18(26)23(17)36-21(29)5-7-31-9-11-33-13-15-35-16-14-34-12-10-32-8-6-22(30)37-24-19(27)3-4-20(24)28/h1-16H2. The molecular formula is C22H32N2O13. The maximum Gasteiger partial charge on any atom is 0.335 e. The molecule has 0 radical (unpaired) electrons. The Morgan fingerprint density at radius 1 is 0.459 bits per heavy atom. The first-order valence-electron chi connectivity index (χ1n) is 11.9. The summed E-state index contributed by atoms with van der Waals surface area (Å²) in [6.07, 6.45) is -0.0115. The van der Waals surface area contributed by atoms with Crippen LogP contribution >= 0.6 is 0 Å². The fourth-order valence-corrected chi connectivity index (χ4v) is 2.90. The minimum Gasteiger partial charge on any atom is -0.378 e. The van der Waals surface area contributed by atoms with Crippen LogP contribution in [0, 0.1) is 0 Å². The van der Waals surface area contributed by atoms with E-state index in [1.54, 1.807) is 0 Å². The Morgan fingerprint density at radius 3 is 0.973 bits per heavy atom. The summed E-state index contributed by atoms with van der Waals surface area (Å²) < 4.78 is 26.4. The van der Waals surface area contributed by atoms with Crippen molar-refractivity contribution < 1.29 is 62.1 Å². The van der Waals surface area contributed by atoms with Gasteiger partial charge in [-0.05, 0) is 0 Å². The van der Waals surface area contributed by atoms with Gasteiger partial charge >= 0.3 is 11.9 Å². The lowest BCUT2D eigenvalue weighted by molar-refractivity contribution is -0.198. The van der Waals surface area contributed by atoms with Crippen LogP contribution < -0.4 is 0 Å². The molecule has 0 aromatic carbocycles. The topological polar surface area (TPSA) is 174 Å². The second-order valence-corrected chi connectivity index (χ2v) is 7.65. The van der Waals surface area contributed by atoms with E-state index in [1.165, 1.54) is 0 Å². The van der Waals surface area contributed by atoms with Crippen LogP contribution in [0.15, 0.2) is 0 Å². The van der Waals surface area contributed by atoms with Gasteiger partial charge in [0, 0.05) is 25.7 Å². The molecular weight excluding hydrogens is 500 g/mol. The first-order chi connectivity index (χ1) is 17.9. The van der Waals surface area contributed by atoms with E-state index < -0.39 is 35.6 Å². The predicted octanol–water partition coefficient (Wildman–Crippen LogP) is -0.936. The molecule has 0 unspecified atom stereocenters. The third-order valence-electron chi connectivity index (χ3n) is 4.79. The highest BCUT2D eigenvalue weighted by molar-refractivity contribution is 6.02. The Kier molecular flexibility index (Phi) is 14.3. The monoisotopic (exact) mass is 532 g/mol. The minimum absolute atomic E-state index is 0.0453. The first kappa shape index (κ1) is 30.2. The summed E-state index contributed by atoms with van der Waals surface area (Å²) in [7, 11) is 0. The molecule has 0 spiro atoms. The van der Waals surface area contributed by atoms with Crippen LogP contribution in [0.25, 0.3) is 0 Å². The molecule has 0 aromatic rings. The van der Waals surface area contributed by atoms with Crippen molar-refractivity contribution in [2.24, 2.45) is 0 Å². The number of carbonyl (C=O) groups is 6. The summed E-state index contributed by atoms with van der Waals surface area (Å²) in [4.78, 5) is 78.0. The molecule has 15 nitrogen and oxygen atoms in total. The van der Waals surface area contributed by atoms with E-state index in [0.29, 0.717) is 49.8 Å². The number of hydroxylamine groups is 4. The molecule has 2 fully saturated rings. The molecule has 0 saturated carbocycles. The Balaban J connectivity index is 1.27. The van der Waals surface area contributed by atoms with E-state index in [1.807, 2.05) is 0 Å². The number of carbonyl (C=O) groups excluding carboxylic acids is 6. The zero-order valence-electron chi connectivity index (χ0n) is 20.5. The quantitative estimate of drug-likeness (QED) is 0.139. The van der Waals surface area contributed by atoms with Crippen molar-refractivity contribution in [2.45, 2.75) is 38.5 Å². The Morgan fingerprint density at radius 2 is 0.703 bits per heavy atom. The molecule has 208 valence electrons. The summed E-state index contributed by atoms with van der Waals surface area (Å²) >= 11 is 0. The molecule has 2 aliphatic heterocycles. The molecule has 4 amide bonds. The molecule has 0 N–H and O–H groups in total. The van der Waals surface area contributed by atoms with Crippen LogP contribution in [-0.4, -0.2) is 112 Å². The van der Waals surface area contributed by atoms with Crippen LogP contribution in [-0.2, 0) is 62.1 Å². The summed E-state index contributed by atoms with van der Waals surface area (Å²) in [5.74, 6) is -3.55. The van der Waals surface area contributed by atoms with E-state index in [2.05, 4.69) is 0 Å². The van der Waals surface area contributed by atoms with Gasteiger partial charge in [-0.3, -0.25) is 19.2 Å². The number of amides is 4. The van der Waals surface area contributed by atoms with Crippen molar-refractivity contribution >= 4 is 35.6 Å². The molecule has 2 saturated heterocycles. The van der Waals surface area contributed by atoms with Gasteiger partial charge in [-0.25, -0.2) is 9.59 Å². The van der Waals surface area contributed by atoms with Gasteiger partial charge in [0.25, 0.3) is 23.6 Å². The third kappa shape index (κ3) is 12.2. The van der Waals surface area contributed by atoms with Gasteiger partial charge in [0.1, 0.15) is 0 Å². The molecule has 15 heteroatoms. The molecule has 37 heavy (non-hydrogen) atoms. The molecule has 2 aliphatic rings. The van der Waals surface area contributed by atoms with Gasteiger partial charge in [-0.2, -0.15) is 0 Å². The van der Waals surface area contributed by atoms with Crippen molar-refractivity contribution in [1.29, 1.82) is 0 Å². The highest BCUT2D eigenvalue weighted by Crippen LogP contribution is 2.13. The van der Waals surface area contributed by atoms with E-state index >= 15 is 0 Å². The molecule has 0 aliphatic carbocycles. The summed E-state index contributed by atoms with van der Waals surface area (Å²) in [5, 5.41) is 0.997. The van der Waals surface area contributed by atoms with Crippen LogP contribution in [0.4, 0.5) is 0 Å². The maximum absolute atomic E-state index is 11.6. The normalized spacial score (nSPS) is 15.7. The highest BCUT2D eigenvalue weighted by atomic mass is 16.7. The zero-order chi connectivity index (χ0) is 26.9. The lowest BCUT2D eigenvalue weighted by Crippen LogP contribution is -2.32. The van der Waals surface area contributed by atoms with Crippen LogP contribution in [0.2, 0.25) is 0 Å². The predicted molar refractivity (Wildman–Crippen MR) is 118 cm³/mol. The molecule has 2 rings (SSSR count). The summed E-state index contributed by atoms with van der Waals surface area (Å²) in [6, 6.07) is 0. The SMILES string of the molecule is O=C(CCOCCOCCOCCOCCOCCC(=O)ON1C(=O)CCC1=O)ON1C(=O)CCC1=O. The largest absolute Gasteiger partial charge is 0.378 e. The number of hydrogen-bond acceptors (Lipinski definition) is 13. The zero-order valence-corrected chi connectivity index (χ0v) is 20.5. The van der Waals surface area contributed by atoms with Gasteiger partial charge in [-0.1, -0.05) is 0 Å². The van der Waals surface area contributed by atoms with E-state index in [9.17, 15) is 28.8 Å². The average molecular weight is 532 g/mol. The summed E-state index contributed by atoms with van der Waals surface area (Å²) in [5.41, 5.74) is 0. The van der Waals surface area contributed by atoms with Crippen LogP contribution in [0.5, 0.6) is 0 Å². The Hall–Kier alpha value is -2.98. The second kappa shape index (κ2) is 17.5. The van der Waals surface area contributed by atoms with Gasteiger partial charge in [0.15, 0.2) is 0 Å². The van der Waals surface area contributed by atoms with Crippen LogP contribution in [0.3, 0.4) is 0 Å². The minimum atomic E-state index is -0.721. The lowest BCUT2D eigenvalue weighted by Gasteiger charge is -2.12. The molecule has 0 atom stereocenters. The van der Waals surface area contributed by atoms with E-state index in [-0.39, 0.29) is 65.0 Å². The first-order valence-corrected chi connectivity index (χ1v) is 11.9. The average Bonchev–Trinajstić information content (AvgIpc) is 3.36. The van der Waals surface area contributed by atoms with Gasteiger partial charge in [0.2, 0.25) is 0 Å². The van der Waals surface area contributed by atoms with Gasteiger partial charge in [0.05, 0.1) is 78.9 Å². The van der Waals surface area contributed by atoms with Crippen molar-refractivity contribution in [3.05, 3.63) is 0 Å². The van der Waals surface area contributed by atoms with Gasteiger partial charge < -0.3 is 33.4 Å². The number of ether oxygens (including phenoxy) is 5. The molecule has 0 bridgehead atoms. The number of nitrogens with zero attached hydrogens (tertiary/aromatic N) is 2. The van der Waals surface area contributed by atoms with Crippen molar-refractivity contribution in [1.82, 2.24) is 10.1 Å². The third-order valence-corrected chi connectivity index (χ3v) is 4.79. The fraction of sp³-hybridized carbons (Fsp3) is 0.727. The Bertz CT molecular complexity index is 707. The van der Waals surface area contributed by atoms with Crippen molar-refractivity contribution in [2.75, 3.05) is 66.1 Å². The summed E-state index contributed by atoms with van der Waals surface area (Å²) in [6.45, 7) is 2.65. The van der Waals surface area contributed by atoms with Gasteiger partial charge in [-0.15, -0.1) is 10.1 Å². The number of imide groups is 2.